The van der Waals surface area contributed by atoms with Crippen molar-refractivity contribution in [1.82, 2.24) is 16.0 Å². The normalized spacial score (nSPS) is 23.7. The van der Waals surface area contributed by atoms with Gasteiger partial charge in [-0.1, -0.05) is 0 Å². The molecule has 0 aromatic rings. The number of rotatable bonds is 8. The van der Waals surface area contributed by atoms with E-state index < -0.39 is 47.4 Å². The van der Waals surface area contributed by atoms with Crippen molar-refractivity contribution >= 4 is 23.7 Å². The largest absolute Gasteiger partial charge is 0.480 e. The third-order valence-electron chi connectivity index (χ3n) is 3.65. The van der Waals surface area contributed by atoms with Crippen LogP contribution in [0.25, 0.3) is 0 Å². The summed E-state index contributed by atoms with van der Waals surface area (Å²) >= 11 is 0. The second-order valence-corrected chi connectivity index (χ2v) is 5.66. The molecule has 0 aromatic heterocycles. The van der Waals surface area contributed by atoms with Gasteiger partial charge in [0.1, 0.15) is 12.1 Å². The van der Waals surface area contributed by atoms with Gasteiger partial charge >= 0.3 is 5.97 Å². The molecule has 1 aliphatic rings. The topological polar surface area (TPSA) is 171 Å². The van der Waals surface area contributed by atoms with E-state index in [1.165, 1.54) is 13.8 Å². The number of aliphatic carboxylic acids is 1. The molecule has 10 nitrogen and oxygen atoms in total. The molecule has 0 saturated carbocycles. The number of carboxylic acid groups (broad SMARTS) is 1. The molecule has 1 saturated heterocycles. The quantitative estimate of drug-likeness (QED) is 0.258. The van der Waals surface area contributed by atoms with Crippen LogP contribution in [0.15, 0.2) is 0 Å². The van der Waals surface area contributed by atoms with E-state index in [-0.39, 0.29) is 19.4 Å². The van der Waals surface area contributed by atoms with Crippen LogP contribution in [-0.2, 0) is 19.2 Å². The molecule has 0 aliphatic carbocycles. The fourth-order valence-corrected chi connectivity index (χ4v) is 1.88. The number of β-amino-alcohol motifs (C(OH)–C–C–N with tert-alkyl or cyclic N) is 1. The van der Waals surface area contributed by atoms with Crippen molar-refractivity contribution in [3.63, 3.8) is 0 Å². The van der Waals surface area contributed by atoms with Gasteiger partial charge in [-0.25, -0.2) is 0 Å². The second-order valence-electron chi connectivity index (χ2n) is 5.66. The van der Waals surface area contributed by atoms with E-state index >= 15 is 0 Å². The predicted molar refractivity (Wildman–Crippen MR) is 78.0 cm³/mol. The van der Waals surface area contributed by atoms with Gasteiger partial charge in [-0.2, -0.15) is 0 Å². The summed E-state index contributed by atoms with van der Waals surface area (Å²) in [4.78, 5) is 45.4. The van der Waals surface area contributed by atoms with Crippen LogP contribution in [-0.4, -0.2) is 64.2 Å². The van der Waals surface area contributed by atoms with Gasteiger partial charge in [-0.15, -0.1) is 0 Å². The number of β-lactam (4-membered cyclic amide) rings is 1. The summed E-state index contributed by atoms with van der Waals surface area (Å²) in [5.41, 5.74) is 4.18. The molecule has 130 valence electrons. The van der Waals surface area contributed by atoms with Crippen LogP contribution in [0.2, 0.25) is 0 Å². The highest BCUT2D eigenvalue weighted by molar-refractivity contribution is 5.92. The summed E-state index contributed by atoms with van der Waals surface area (Å²) in [5, 5.41) is 25.5. The van der Waals surface area contributed by atoms with Crippen molar-refractivity contribution in [2.75, 3.05) is 6.54 Å². The van der Waals surface area contributed by atoms with Crippen molar-refractivity contribution in [3.05, 3.63) is 0 Å². The fraction of sp³-hybridized carbons (Fsp3) is 0.692. The Kier molecular flexibility index (Phi) is 6.05. The Morgan fingerprint density at radius 1 is 1.26 bits per heavy atom. The van der Waals surface area contributed by atoms with Crippen LogP contribution in [0.1, 0.15) is 26.7 Å². The SMILES string of the molecule is CC(NC(=O)C(C)NC(=O)C(N)CCC1(O)CNC1=O)C(=O)O. The summed E-state index contributed by atoms with van der Waals surface area (Å²) < 4.78 is 0. The first-order valence-electron chi connectivity index (χ1n) is 7.16. The maximum Gasteiger partial charge on any atom is 0.325 e. The fourth-order valence-electron chi connectivity index (χ4n) is 1.88. The van der Waals surface area contributed by atoms with Crippen LogP contribution in [0.5, 0.6) is 0 Å². The van der Waals surface area contributed by atoms with Crippen molar-refractivity contribution in [3.8, 4) is 0 Å². The monoisotopic (exact) mass is 330 g/mol. The lowest BCUT2D eigenvalue weighted by Gasteiger charge is -2.36. The first kappa shape index (κ1) is 18.8. The lowest BCUT2D eigenvalue weighted by Crippen LogP contribution is -2.65. The van der Waals surface area contributed by atoms with E-state index in [1.807, 2.05) is 0 Å². The molecule has 4 atom stereocenters. The molecule has 23 heavy (non-hydrogen) atoms. The number of carbonyl (C=O) groups is 4. The van der Waals surface area contributed by atoms with Crippen molar-refractivity contribution in [2.45, 2.75) is 50.4 Å². The number of nitrogens with one attached hydrogen (secondary N) is 3. The number of carboxylic acids is 1. The van der Waals surface area contributed by atoms with Crippen molar-refractivity contribution < 1.29 is 29.4 Å². The average Bonchev–Trinajstić information content (AvgIpc) is 2.49. The van der Waals surface area contributed by atoms with Crippen LogP contribution >= 0.6 is 0 Å². The van der Waals surface area contributed by atoms with Gasteiger partial charge in [0.15, 0.2) is 5.60 Å². The lowest BCUT2D eigenvalue weighted by atomic mass is 9.88. The molecule has 0 bridgehead atoms. The summed E-state index contributed by atoms with van der Waals surface area (Å²) in [6, 6.07) is -3.05. The number of hydrogen-bond donors (Lipinski definition) is 6. The first-order valence-corrected chi connectivity index (χ1v) is 7.16. The third kappa shape index (κ3) is 4.89. The van der Waals surface area contributed by atoms with Crippen LogP contribution in [0, 0.1) is 0 Å². The zero-order valence-electron chi connectivity index (χ0n) is 13.0. The Morgan fingerprint density at radius 2 is 1.83 bits per heavy atom. The standard InChI is InChI=1S/C13H22N4O6/c1-6(9(18)17-7(2)11(20)21)16-10(19)8(14)3-4-13(23)5-15-12(13)22/h6-8,23H,3-5,14H2,1-2H3,(H,15,22)(H,16,19)(H,17,18)(H,20,21). The van der Waals surface area contributed by atoms with Gasteiger partial charge in [-0.3, -0.25) is 19.2 Å². The maximum atomic E-state index is 11.9. The van der Waals surface area contributed by atoms with Crippen LogP contribution in [0.3, 0.4) is 0 Å². The molecule has 1 heterocycles. The van der Waals surface area contributed by atoms with Gasteiger partial charge in [-0.05, 0) is 26.7 Å². The highest BCUT2D eigenvalue weighted by Crippen LogP contribution is 2.19. The highest BCUT2D eigenvalue weighted by Gasteiger charge is 2.44. The van der Waals surface area contributed by atoms with E-state index in [1.54, 1.807) is 0 Å². The molecule has 3 amide bonds. The summed E-state index contributed by atoms with van der Waals surface area (Å²) in [6.45, 7) is 2.80. The number of hydrogen-bond acceptors (Lipinski definition) is 6. The molecule has 0 spiro atoms. The number of aliphatic hydroxyl groups is 1. The van der Waals surface area contributed by atoms with Gasteiger partial charge < -0.3 is 31.9 Å². The zero-order valence-corrected chi connectivity index (χ0v) is 13.0. The molecule has 7 N–H and O–H groups in total. The van der Waals surface area contributed by atoms with E-state index in [0.717, 1.165) is 0 Å². The molecular weight excluding hydrogens is 308 g/mol. The van der Waals surface area contributed by atoms with Crippen molar-refractivity contribution in [1.29, 1.82) is 0 Å². The minimum atomic E-state index is -1.49. The molecule has 0 aromatic carbocycles. The summed E-state index contributed by atoms with van der Waals surface area (Å²) in [5.74, 6) is -2.97. The first-order chi connectivity index (χ1) is 10.6. The molecular formula is C13H22N4O6. The van der Waals surface area contributed by atoms with E-state index in [9.17, 15) is 24.3 Å². The maximum absolute atomic E-state index is 11.9. The molecule has 1 fully saturated rings. The Morgan fingerprint density at radius 3 is 2.26 bits per heavy atom. The number of carbonyl (C=O) groups excluding carboxylic acids is 3. The lowest BCUT2D eigenvalue weighted by molar-refractivity contribution is -0.153. The molecule has 1 rings (SSSR count). The third-order valence-corrected chi connectivity index (χ3v) is 3.65. The van der Waals surface area contributed by atoms with E-state index in [4.69, 9.17) is 10.8 Å². The Balaban J connectivity index is 2.40. The van der Waals surface area contributed by atoms with Crippen LogP contribution < -0.4 is 21.7 Å². The molecule has 1 aliphatic heterocycles. The predicted octanol–water partition coefficient (Wildman–Crippen LogP) is -2.95. The summed E-state index contributed by atoms with van der Waals surface area (Å²) in [7, 11) is 0. The molecule has 10 heteroatoms. The van der Waals surface area contributed by atoms with Gasteiger partial charge in [0.05, 0.1) is 12.6 Å². The zero-order chi connectivity index (χ0) is 17.8. The average molecular weight is 330 g/mol. The summed E-state index contributed by atoms with van der Waals surface area (Å²) in [6.07, 6.45) is 0.0969. The smallest absolute Gasteiger partial charge is 0.325 e. The minimum absolute atomic E-state index is 0.0318. The Hall–Kier alpha value is -2.20. The van der Waals surface area contributed by atoms with E-state index in [2.05, 4.69) is 16.0 Å². The van der Waals surface area contributed by atoms with Gasteiger partial charge in [0.25, 0.3) is 5.91 Å². The van der Waals surface area contributed by atoms with Crippen molar-refractivity contribution in [2.24, 2.45) is 5.73 Å². The highest BCUT2D eigenvalue weighted by atomic mass is 16.4. The number of amides is 3. The van der Waals surface area contributed by atoms with E-state index in [0.29, 0.717) is 0 Å². The molecule has 0 radical (unpaired) electrons. The Labute approximate surface area is 132 Å². The minimum Gasteiger partial charge on any atom is -0.480 e. The number of nitrogens with two attached hydrogens (primary N) is 1. The van der Waals surface area contributed by atoms with Crippen LogP contribution in [0.4, 0.5) is 0 Å². The van der Waals surface area contributed by atoms with Gasteiger partial charge in [0.2, 0.25) is 11.8 Å². The molecule has 4 unspecified atom stereocenters. The Bertz CT molecular complexity index is 511. The second kappa shape index (κ2) is 7.38. The van der Waals surface area contributed by atoms with Gasteiger partial charge in [0, 0.05) is 0 Å².